The second kappa shape index (κ2) is 10.2. The summed E-state index contributed by atoms with van der Waals surface area (Å²) in [5.74, 6) is -0.579. The fourth-order valence-corrected chi connectivity index (χ4v) is 7.50. The van der Waals surface area contributed by atoms with E-state index >= 15 is 0 Å². The largest absolute Gasteiger partial charge is 0.373 e. The molecule has 0 spiro atoms. The van der Waals surface area contributed by atoms with E-state index < -0.39 is 10.0 Å². The van der Waals surface area contributed by atoms with E-state index in [1.54, 1.807) is 7.05 Å². The molecule has 2 N–H and O–H groups in total. The average Bonchev–Trinajstić information content (AvgIpc) is 2.97. The van der Waals surface area contributed by atoms with Crippen molar-refractivity contribution in [3.8, 4) is 0 Å². The summed E-state index contributed by atoms with van der Waals surface area (Å²) in [5.41, 5.74) is 1.91. The summed E-state index contributed by atoms with van der Waals surface area (Å²) in [6, 6.07) is 5.93. The molecule has 2 unspecified atom stereocenters. The highest BCUT2D eigenvalue weighted by Gasteiger charge is 2.32. The van der Waals surface area contributed by atoms with Crippen LogP contribution in [0.3, 0.4) is 0 Å². The zero-order valence-electron chi connectivity index (χ0n) is 19.7. The number of nitrogens with zero attached hydrogens (tertiary/aromatic N) is 1. The second-order valence-electron chi connectivity index (χ2n) is 8.91. The number of benzene rings is 1. The van der Waals surface area contributed by atoms with Gasteiger partial charge in [0.15, 0.2) is 0 Å². The lowest BCUT2D eigenvalue weighted by Crippen LogP contribution is -2.48. The number of amides is 2. The number of hydrogen-bond donors (Lipinski definition) is 2. The molecule has 0 saturated carbocycles. The number of hydrogen-bond acceptors (Lipinski definition) is 6. The van der Waals surface area contributed by atoms with Crippen LogP contribution in [0.15, 0.2) is 29.2 Å². The van der Waals surface area contributed by atoms with Crippen molar-refractivity contribution in [1.29, 1.82) is 0 Å². The van der Waals surface area contributed by atoms with Gasteiger partial charge in [-0.1, -0.05) is 6.42 Å². The molecule has 1 saturated heterocycles. The molecule has 2 amide bonds. The highest BCUT2D eigenvalue weighted by atomic mass is 32.2. The highest BCUT2D eigenvalue weighted by Crippen LogP contribution is 2.37. The zero-order valence-corrected chi connectivity index (χ0v) is 21.4. The molecule has 2 aliphatic rings. The SMILES string of the molecule is CNC(=O)c1c(NC(=O)c2ccc(S(=O)(=O)N3CC(C)OC(C)C3)cc2)sc2c1CCCCC2. The Morgan fingerprint density at radius 2 is 1.65 bits per heavy atom. The third-order valence-corrected chi connectivity index (χ3v) is 9.30. The number of morpholine rings is 1. The number of thiophene rings is 1. The van der Waals surface area contributed by atoms with E-state index in [0.717, 1.165) is 42.5 Å². The van der Waals surface area contributed by atoms with Crippen molar-refractivity contribution in [2.45, 2.75) is 63.1 Å². The third kappa shape index (κ3) is 5.05. The van der Waals surface area contributed by atoms with Crippen LogP contribution in [0.1, 0.15) is 64.3 Å². The van der Waals surface area contributed by atoms with Crippen LogP contribution in [-0.4, -0.2) is 56.9 Å². The molecule has 34 heavy (non-hydrogen) atoms. The van der Waals surface area contributed by atoms with E-state index in [2.05, 4.69) is 10.6 Å². The standard InChI is InChI=1S/C24H31N3O5S2/c1-15-13-27(14-16(2)32-15)34(30,31)18-11-9-17(10-12-18)22(28)26-24-21(23(29)25-3)19-7-5-4-6-8-20(19)33-24/h9-12,15-16H,4-8,13-14H2,1-3H3,(H,25,29)(H,26,28). The first-order valence-corrected chi connectivity index (χ1v) is 13.9. The van der Waals surface area contributed by atoms with E-state index in [4.69, 9.17) is 4.74 Å². The van der Waals surface area contributed by atoms with Gasteiger partial charge in [0, 0.05) is 30.6 Å². The molecule has 1 aromatic heterocycles. The Hall–Kier alpha value is -2.27. The van der Waals surface area contributed by atoms with Crippen LogP contribution < -0.4 is 10.6 Å². The number of nitrogens with one attached hydrogen (secondary N) is 2. The molecule has 2 atom stereocenters. The molecule has 4 rings (SSSR count). The Labute approximate surface area is 204 Å². The molecule has 10 heteroatoms. The van der Waals surface area contributed by atoms with Crippen molar-refractivity contribution in [2.75, 3.05) is 25.5 Å². The predicted octanol–water partition coefficient (Wildman–Crippen LogP) is 3.43. The van der Waals surface area contributed by atoms with E-state index in [-0.39, 0.29) is 28.9 Å². The third-order valence-electron chi connectivity index (χ3n) is 6.24. The number of ether oxygens (including phenoxy) is 1. The van der Waals surface area contributed by atoms with Gasteiger partial charge in [0.05, 0.1) is 22.7 Å². The first-order chi connectivity index (χ1) is 16.2. The van der Waals surface area contributed by atoms with Gasteiger partial charge in [-0.05, 0) is 69.4 Å². The first-order valence-electron chi connectivity index (χ1n) is 11.6. The Morgan fingerprint density at radius 1 is 1.00 bits per heavy atom. The predicted molar refractivity (Wildman–Crippen MR) is 132 cm³/mol. The molecule has 1 fully saturated rings. The van der Waals surface area contributed by atoms with Gasteiger partial charge in [0.25, 0.3) is 11.8 Å². The van der Waals surface area contributed by atoms with Gasteiger partial charge >= 0.3 is 0 Å². The highest BCUT2D eigenvalue weighted by molar-refractivity contribution is 7.89. The molecule has 2 aromatic rings. The minimum atomic E-state index is -3.69. The first kappa shape index (κ1) is 24.8. The number of fused-ring (bicyclic) bond motifs is 1. The zero-order chi connectivity index (χ0) is 24.5. The fraction of sp³-hybridized carbons (Fsp3) is 0.500. The quantitative estimate of drug-likeness (QED) is 0.606. The number of rotatable bonds is 5. The van der Waals surface area contributed by atoms with E-state index in [1.807, 2.05) is 13.8 Å². The van der Waals surface area contributed by atoms with Gasteiger partial charge in [0.1, 0.15) is 5.00 Å². The maximum Gasteiger partial charge on any atom is 0.256 e. The Kier molecular flexibility index (Phi) is 7.42. The van der Waals surface area contributed by atoms with Crippen LogP contribution >= 0.6 is 11.3 Å². The van der Waals surface area contributed by atoms with E-state index in [0.29, 0.717) is 29.2 Å². The smallest absolute Gasteiger partial charge is 0.256 e. The Morgan fingerprint density at radius 3 is 2.29 bits per heavy atom. The van der Waals surface area contributed by atoms with Gasteiger partial charge in [-0.15, -0.1) is 11.3 Å². The van der Waals surface area contributed by atoms with Crippen molar-refractivity contribution in [3.63, 3.8) is 0 Å². The molecule has 1 aromatic carbocycles. The lowest BCUT2D eigenvalue weighted by Gasteiger charge is -2.34. The molecule has 2 heterocycles. The average molecular weight is 506 g/mol. The van der Waals surface area contributed by atoms with E-state index in [9.17, 15) is 18.0 Å². The van der Waals surface area contributed by atoms with Crippen LogP contribution in [-0.2, 0) is 27.6 Å². The molecule has 0 radical (unpaired) electrons. The number of anilines is 1. The van der Waals surface area contributed by atoms with Crippen molar-refractivity contribution in [1.82, 2.24) is 9.62 Å². The molecule has 1 aliphatic heterocycles. The lowest BCUT2D eigenvalue weighted by atomic mass is 10.0. The maximum atomic E-state index is 13.1. The molecule has 184 valence electrons. The minimum Gasteiger partial charge on any atom is -0.373 e. The lowest BCUT2D eigenvalue weighted by molar-refractivity contribution is -0.0440. The summed E-state index contributed by atoms with van der Waals surface area (Å²) in [6.45, 7) is 4.28. The summed E-state index contributed by atoms with van der Waals surface area (Å²) < 4.78 is 33.2. The normalized spacial score (nSPS) is 21.4. The minimum absolute atomic E-state index is 0.138. The summed E-state index contributed by atoms with van der Waals surface area (Å²) in [4.78, 5) is 26.9. The Bertz CT molecular complexity index is 1160. The summed E-state index contributed by atoms with van der Waals surface area (Å²) in [6.07, 6.45) is 4.61. The monoisotopic (exact) mass is 505 g/mol. The van der Waals surface area contributed by atoms with Gasteiger partial charge in [-0.2, -0.15) is 4.31 Å². The summed E-state index contributed by atoms with van der Waals surface area (Å²) in [5, 5.41) is 6.13. The second-order valence-corrected chi connectivity index (χ2v) is 11.9. The fourth-order valence-electron chi connectivity index (χ4n) is 4.63. The topological polar surface area (TPSA) is 105 Å². The van der Waals surface area contributed by atoms with Gasteiger partial charge in [-0.3, -0.25) is 9.59 Å². The van der Waals surface area contributed by atoms with Crippen molar-refractivity contribution < 1.29 is 22.7 Å². The molecule has 0 bridgehead atoms. The van der Waals surface area contributed by atoms with Gasteiger partial charge in [0.2, 0.25) is 10.0 Å². The molecule has 8 nitrogen and oxygen atoms in total. The van der Waals surface area contributed by atoms with Crippen LogP contribution in [0.5, 0.6) is 0 Å². The number of carbonyl (C=O) groups excluding carboxylic acids is 2. The molecular formula is C24H31N3O5S2. The Balaban J connectivity index is 1.54. The summed E-state index contributed by atoms with van der Waals surface area (Å²) in [7, 11) is -2.10. The van der Waals surface area contributed by atoms with Crippen molar-refractivity contribution >= 4 is 38.2 Å². The van der Waals surface area contributed by atoms with Gasteiger partial charge in [-0.25, -0.2) is 8.42 Å². The van der Waals surface area contributed by atoms with Crippen LogP contribution in [0.4, 0.5) is 5.00 Å². The van der Waals surface area contributed by atoms with E-state index in [1.165, 1.54) is 39.9 Å². The van der Waals surface area contributed by atoms with Gasteiger partial charge < -0.3 is 15.4 Å². The maximum absolute atomic E-state index is 13.1. The summed E-state index contributed by atoms with van der Waals surface area (Å²) >= 11 is 1.46. The van der Waals surface area contributed by atoms with Crippen LogP contribution in [0.2, 0.25) is 0 Å². The molecule has 1 aliphatic carbocycles. The van der Waals surface area contributed by atoms with Crippen molar-refractivity contribution in [3.05, 3.63) is 45.8 Å². The van der Waals surface area contributed by atoms with Crippen LogP contribution in [0.25, 0.3) is 0 Å². The number of aryl methyl sites for hydroxylation is 1. The number of carbonyl (C=O) groups is 2. The van der Waals surface area contributed by atoms with Crippen LogP contribution in [0, 0.1) is 0 Å². The molecular weight excluding hydrogens is 474 g/mol. The number of sulfonamides is 1. The van der Waals surface area contributed by atoms with Crippen molar-refractivity contribution in [2.24, 2.45) is 0 Å².